The number of halogens is 1. The summed E-state index contributed by atoms with van der Waals surface area (Å²) in [5, 5.41) is 3.06. The lowest BCUT2D eigenvalue weighted by molar-refractivity contribution is -0.0440. The van der Waals surface area contributed by atoms with Crippen molar-refractivity contribution in [3.05, 3.63) is 35.3 Å². The van der Waals surface area contributed by atoms with Gasteiger partial charge in [0, 0.05) is 30.6 Å². The summed E-state index contributed by atoms with van der Waals surface area (Å²) in [7, 11) is -3.52. The number of morpholine rings is 1. The molecule has 27 heavy (non-hydrogen) atoms. The van der Waals surface area contributed by atoms with Crippen molar-refractivity contribution >= 4 is 26.9 Å². The van der Waals surface area contributed by atoms with E-state index in [1.807, 2.05) is 13.8 Å². The Hall–Kier alpha value is -1.97. The van der Waals surface area contributed by atoms with Crippen LogP contribution in [0.1, 0.15) is 30.0 Å². The lowest BCUT2D eigenvalue weighted by atomic mass is 10.1. The van der Waals surface area contributed by atoms with E-state index in [-0.39, 0.29) is 35.8 Å². The number of carbonyl (C=O) groups excluding carboxylic acids is 1. The van der Waals surface area contributed by atoms with E-state index in [4.69, 9.17) is 9.15 Å². The fourth-order valence-corrected chi connectivity index (χ4v) is 4.78. The first kappa shape index (κ1) is 19.8. The van der Waals surface area contributed by atoms with Gasteiger partial charge in [-0.25, -0.2) is 12.8 Å². The van der Waals surface area contributed by atoms with Crippen LogP contribution in [-0.4, -0.2) is 56.2 Å². The Kier molecular flexibility index (Phi) is 5.55. The third-order valence-electron chi connectivity index (χ3n) is 4.55. The number of carbonyl (C=O) groups is 1. The molecule has 2 atom stereocenters. The summed E-state index contributed by atoms with van der Waals surface area (Å²) in [5.74, 6) is -1.36. The molecule has 9 heteroatoms. The number of fused-ring (bicyclic) bond motifs is 1. The van der Waals surface area contributed by atoms with Crippen molar-refractivity contribution in [3.63, 3.8) is 0 Å². The van der Waals surface area contributed by atoms with Crippen LogP contribution in [0.3, 0.4) is 0 Å². The Morgan fingerprint density at radius 2 is 1.96 bits per heavy atom. The summed E-state index contributed by atoms with van der Waals surface area (Å²) in [6, 6.07) is 4.46. The molecule has 0 aliphatic carbocycles. The Labute approximate surface area is 157 Å². The molecule has 0 radical (unpaired) electrons. The maximum atomic E-state index is 13.8. The lowest BCUT2D eigenvalue weighted by Crippen LogP contribution is -2.49. The van der Waals surface area contributed by atoms with E-state index in [0.717, 1.165) is 0 Å². The van der Waals surface area contributed by atoms with Gasteiger partial charge >= 0.3 is 0 Å². The van der Waals surface area contributed by atoms with E-state index in [1.54, 1.807) is 19.1 Å². The lowest BCUT2D eigenvalue weighted by Gasteiger charge is -2.34. The maximum absolute atomic E-state index is 13.8. The van der Waals surface area contributed by atoms with Gasteiger partial charge in [0.1, 0.15) is 0 Å². The standard InChI is InChI=1S/C18H23FN2O5S/c1-11-9-21(10-12(2)25-11)27(23,24)8-7-20-18(22)16-13(3)14-5-4-6-15(19)17(14)26-16/h4-6,11-12H,7-10H2,1-3H3,(H,20,22)/t11-,12-/m0/s1. The Morgan fingerprint density at radius 3 is 2.59 bits per heavy atom. The van der Waals surface area contributed by atoms with Crippen LogP contribution in [-0.2, 0) is 14.8 Å². The number of furan rings is 1. The minimum atomic E-state index is -3.52. The molecule has 0 saturated carbocycles. The number of para-hydroxylation sites is 1. The molecule has 0 unspecified atom stereocenters. The highest BCUT2D eigenvalue weighted by Gasteiger charge is 2.31. The zero-order valence-electron chi connectivity index (χ0n) is 15.5. The number of hydrogen-bond acceptors (Lipinski definition) is 5. The number of ether oxygens (including phenoxy) is 1. The molecule has 1 aromatic heterocycles. The Bertz CT molecular complexity index is 946. The first-order chi connectivity index (χ1) is 12.7. The molecule has 3 rings (SSSR count). The molecule has 1 aliphatic heterocycles. The molecule has 1 saturated heterocycles. The topological polar surface area (TPSA) is 88.9 Å². The summed E-state index contributed by atoms with van der Waals surface area (Å²) in [6.45, 7) is 5.83. The number of benzene rings is 1. The van der Waals surface area contributed by atoms with Crippen LogP contribution in [0, 0.1) is 12.7 Å². The van der Waals surface area contributed by atoms with E-state index in [0.29, 0.717) is 24.0 Å². The van der Waals surface area contributed by atoms with Crippen molar-refractivity contribution in [2.45, 2.75) is 33.0 Å². The van der Waals surface area contributed by atoms with E-state index >= 15 is 0 Å². The fraction of sp³-hybridized carbons (Fsp3) is 0.500. The number of aryl methyl sites for hydroxylation is 1. The number of nitrogens with zero attached hydrogens (tertiary/aromatic N) is 1. The zero-order chi connectivity index (χ0) is 19.8. The van der Waals surface area contributed by atoms with Gasteiger partial charge in [-0.05, 0) is 26.8 Å². The third kappa shape index (κ3) is 4.15. The van der Waals surface area contributed by atoms with Crippen LogP contribution < -0.4 is 5.32 Å². The molecule has 7 nitrogen and oxygen atoms in total. The smallest absolute Gasteiger partial charge is 0.287 e. The quantitative estimate of drug-likeness (QED) is 0.833. The van der Waals surface area contributed by atoms with Crippen LogP contribution in [0.15, 0.2) is 22.6 Å². The number of sulfonamides is 1. The number of nitrogens with one attached hydrogen (secondary N) is 1. The van der Waals surface area contributed by atoms with Gasteiger partial charge in [0.05, 0.1) is 18.0 Å². The molecule has 0 bridgehead atoms. The largest absolute Gasteiger partial charge is 0.448 e. The molecule has 1 aliphatic rings. The molecule has 2 heterocycles. The van der Waals surface area contributed by atoms with E-state index in [9.17, 15) is 17.6 Å². The second kappa shape index (κ2) is 7.57. The molecule has 1 aromatic carbocycles. The van der Waals surface area contributed by atoms with Gasteiger partial charge < -0.3 is 14.5 Å². The summed E-state index contributed by atoms with van der Waals surface area (Å²) in [4.78, 5) is 12.4. The van der Waals surface area contributed by atoms with Crippen LogP contribution in [0.2, 0.25) is 0 Å². The van der Waals surface area contributed by atoms with Crippen LogP contribution in [0.5, 0.6) is 0 Å². The van der Waals surface area contributed by atoms with Crippen molar-refractivity contribution in [1.82, 2.24) is 9.62 Å². The SMILES string of the molecule is Cc1c(C(=O)NCCS(=O)(=O)N2C[C@H](C)O[C@@H](C)C2)oc2c(F)cccc12. The second-order valence-corrected chi connectivity index (χ2v) is 8.91. The van der Waals surface area contributed by atoms with Gasteiger partial charge in [-0.3, -0.25) is 4.79 Å². The van der Waals surface area contributed by atoms with Gasteiger partial charge in [-0.1, -0.05) is 12.1 Å². The Morgan fingerprint density at radius 1 is 1.30 bits per heavy atom. The average molecular weight is 398 g/mol. The van der Waals surface area contributed by atoms with Gasteiger partial charge in [0.2, 0.25) is 10.0 Å². The number of amides is 1. The van der Waals surface area contributed by atoms with Crippen LogP contribution in [0.4, 0.5) is 4.39 Å². The van der Waals surface area contributed by atoms with Crippen molar-refractivity contribution in [2.75, 3.05) is 25.4 Å². The Balaban J connectivity index is 1.64. The highest BCUT2D eigenvalue weighted by molar-refractivity contribution is 7.89. The molecule has 1 amide bonds. The average Bonchev–Trinajstić information content (AvgIpc) is 2.92. The van der Waals surface area contributed by atoms with Crippen LogP contribution in [0.25, 0.3) is 11.0 Å². The molecule has 148 valence electrons. The summed E-state index contributed by atoms with van der Waals surface area (Å²) in [6.07, 6.45) is -0.350. The minimum absolute atomic E-state index is 0.0129. The van der Waals surface area contributed by atoms with E-state index in [2.05, 4.69) is 5.32 Å². The second-order valence-electron chi connectivity index (χ2n) is 6.82. The van der Waals surface area contributed by atoms with Crippen molar-refractivity contribution in [1.29, 1.82) is 0 Å². The van der Waals surface area contributed by atoms with Gasteiger partial charge in [-0.15, -0.1) is 0 Å². The summed E-state index contributed by atoms with van der Waals surface area (Å²) >= 11 is 0. The van der Waals surface area contributed by atoms with Crippen molar-refractivity contribution in [2.24, 2.45) is 0 Å². The monoisotopic (exact) mass is 398 g/mol. The molecule has 2 aromatic rings. The third-order valence-corrected chi connectivity index (χ3v) is 6.35. The first-order valence-corrected chi connectivity index (χ1v) is 10.4. The highest BCUT2D eigenvalue weighted by atomic mass is 32.2. The van der Waals surface area contributed by atoms with Crippen LogP contribution >= 0.6 is 0 Å². The van der Waals surface area contributed by atoms with Gasteiger partial charge in [-0.2, -0.15) is 4.31 Å². The molecule has 0 spiro atoms. The minimum Gasteiger partial charge on any atom is -0.448 e. The normalized spacial score (nSPS) is 21.5. The number of hydrogen-bond donors (Lipinski definition) is 1. The van der Waals surface area contributed by atoms with E-state index < -0.39 is 21.7 Å². The van der Waals surface area contributed by atoms with Gasteiger partial charge in [0.15, 0.2) is 17.2 Å². The van der Waals surface area contributed by atoms with E-state index in [1.165, 1.54) is 10.4 Å². The first-order valence-electron chi connectivity index (χ1n) is 8.78. The van der Waals surface area contributed by atoms with Crippen molar-refractivity contribution in [3.8, 4) is 0 Å². The predicted molar refractivity (Wildman–Crippen MR) is 98.6 cm³/mol. The van der Waals surface area contributed by atoms with Crippen molar-refractivity contribution < 1.29 is 26.8 Å². The maximum Gasteiger partial charge on any atom is 0.287 e. The fourth-order valence-electron chi connectivity index (χ4n) is 3.29. The molecule has 1 N–H and O–H groups in total. The highest BCUT2D eigenvalue weighted by Crippen LogP contribution is 2.27. The molecular formula is C18H23FN2O5S. The molecule has 1 fully saturated rings. The summed E-state index contributed by atoms with van der Waals surface area (Å²) < 4.78 is 51.1. The summed E-state index contributed by atoms with van der Waals surface area (Å²) in [5.41, 5.74) is 0.532. The van der Waals surface area contributed by atoms with Gasteiger partial charge in [0.25, 0.3) is 5.91 Å². The molecular weight excluding hydrogens is 375 g/mol. The predicted octanol–water partition coefficient (Wildman–Crippen LogP) is 2.05. The zero-order valence-corrected chi connectivity index (χ0v) is 16.3. The number of rotatable bonds is 5.